The molecule has 1 atom stereocenters. The Morgan fingerprint density at radius 2 is 1.84 bits per heavy atom. The molecule has 4 rings (SSSR count). The summed E-state index contributed by atoms with van der Waals surface area (Å²) < 4.78 is 5.20. The van der Waals surface area contributed by atoms with Crippen molar-refractivity contribution < 1.29 is 18.9 Å². The van der Waals surface area contributed by atoms with Crippen molar-refractivity contribution in [3.63, 3.8) is 0 Å². The maximum Gasteiger partial charge on any atom is 0.344 e. The van der Waals surface area contributed by atoms with Gasteiger partial charge >= 0.3 is 6.03 Å². The van der Waals surface area contributed by atoms with Crippen molar-refractivity contribution in [1.82, 2.24) is 25.9 Å². The molecule has 9 nitrogen and oxygen atoms in total. The molecule has 0 bridgehead atoms. The molecular formula is C22H21N5O4. The van der Waals surface area contributed by atoms with E-state index in [1.165, 1.54) is 0 Å². The summed E-state index contributed by atoms with van der Waals surface area (Å²) in [6, 6.07) is 15.8. The van der Waals surface area contributed by atoms with E-state index in [-0.39, 0.29) is 18.7 Å². The summed E-state index contributed by atoms with van der Waals surface area (Å²) in [6.45, 7) is 3.58. The molecule has 2 aromatic carbocycles. The van der Waals surface area contributed by atoms with E-state index in [0.29, 0.717) is 16.4 Å². The average Bonchev–Trinajstić information content (AvgIpc) is 3.33. The zero-order valence-corrected chi connectivity index (χ0v) is 17.1. The smallest absolute Gasteiger partial charge is 0.339 e. The van der Waals surface area contributed by atoms with Gasteiger partial charge in [-0.25, -0.2) is 4.79 Å². The summed E-state index contributed by atoms with van der Waals surface area (Å²) in [7, 11) is 0. The van der Waals surface area contributed by atoms with E-state index < -0.39 is 23.4 Å². The number of urea groups is 1. The second-order valence-corrected chi connectivity index (χ2v) is 7.47. The van der Waals surface area contributed by atoms with Gasteiger partial charge in [-0.1, -0.05) is 65.3 Å². The molecule has 4 amide bonds. The molecule has 0 aliphatic carbocycles. The zero-order chi connectivity index (χ0) is 22.0. The summed E-state index contributed by atoms with van der Waals surface area (Å²) >= 11 is 0. The van der Waals surface area contributed by atoms with Gasteiger partial charge < -0.3 is 9.84 Å². The number of hydrogen-bond acceptors (Lipinski definition) is 6. The van der Waals surface area contributed by atoms with Crippen LogP contribution in [0.1, 0.15) is 30.4 Å². The standard InChI is InChI=1S/C22H21N5O4/c1-14-8-10-15(11-9-14)19-23-18(31-26-19)13-12-17(28)25-27-20(29)22(2,24-21(27)30)16-6-4-3-5-7-16/h3-11H,12-13H2,1-2H3,(H,24,30)(H,25,28)/t22-/m1/s1. The Labute approximate surface area is 178 Å². The van der Waals surface area contributed by atoms with Crippen LogP contribution in [0.5, 0.6) is 0 Å². The van der Waals surface area contributed by atoms with Crippen LogP contribution in [0.3, 0.4) is 0 Å². The van der Waals surface area contributed by atoms with Gasteiger partial charge in [-0.15, -0.1) is 0 Å². The van der Waals surface area contributed by atoms with Crippen LogP contribution >= 0.6 is 0 Å². The molecule has 0 unspecified atom stereocenters. The Morgan fingerprint density at radius 1 is 1.13 bits per heavy atom. The lowest BCUT2D eigenvalue weighted by Gasteiger charge is -2.22. The van der Waals surface area contributed by atoms with Crippen LogP contribution in [0, 0.1) is 6.92 Å². The summed E-state index contributed by atoms with van der Waals surface area (Å²) in [6.07, 6.45) is 0.138. The summed E-state index contributed by atoms with van der Waals surface area (Å²) in [5.41, 5.74) is 3.67. The molecular weight excluding hydrogens is 398 g/mol. The van der Waals surface area contributed by atoms with Crippen molar-refractivity contribution in [2.45, 2.75) is 32.2 Å². The van der Waals surface area contributed by atoms with Gasteiger partial charge in [0.25, 0.3) is 5.91 Å². The minimum atomic E-state index is -1.25. The molecule has 3 aromatic rings. The second kappa shape index (κ2) is 8.02. The highest BCUT2D eigenvalue weighted by Crippen LogP contribution is 2.27. The zero-order valence-electron chi connectivity index (χ0n) is 17.1. The van der Waals surface area contributed by atoms with Crippen molar-refractivity contribution in [3.05, 3.63) is 71.6 Å². The average molecular weight is 419 g/mol. The maximum absolute atomic E-state index is 12.8. The number of amides is 4. The number of aromatic nitrogens is 2. The number of aryl methyl sites for hydroxylation is 2. The van der Waals surface area contributed by atoms with Crippen molar-refractivity contribution in [1.29, 1.82) is 0 Å². The number of carbonyl (C=O) groups is 3. The molecule has 0 radical (unpaired) electrons. The summed E-state index contributed by atoms with van der Waals surface area (Å²) in [5.74, 6) is -0.354. The van der Waals surface area contributed by atoms with Gasteiger partial charge in [-0.2, -0.15) is 9.99 Å². The van der Waals surface area contributed by atoms with E-state index >= 15 is 0 Å². The van der Waals surface area contributed by atoms with Gasteiger partial charge in [-0.3, -0.25) is 15.0 Å². The van der Waals surface area contributed by atoms with Crippen LogP contribution in [0.2, 0.25) is 0 Å². The van der Waals surface area contributed by atoms with Crippen LogP contribution in [0.25, 0.3) is 11.4 Å². The molecule has 1 saturated heterocycles. The van der Waals surface area contributed by atoms with Crippen molar-refractivity contribution >= 4 is 17.8 Å². The number of hydrogen-bond donors (Lipinski definition) is 2. The molecule has 2 heterocycles. The van der Waals surface area contributed by atoms with Gasteiger partial charge in [0.1, 0.15) is 5.54 Å². The van der Waals surface area contributed by atoms with Crippen molar-refractivity contribution in [2.75, 3.05) is 0 Å². The molecule has 158 valence electrons. The number of hydrazine groups is 1. The Balaban J connectivity index is 1.37. The highest BCUT2D eigenvalue weighted by molar-refractivity contribution is 6.08. The quantitative estimate of drug-likeness (QED) is 0.593. The topological polar surface area (TPSA) is 117 Å². The van der Waals surface area contributed by atoms with Crippen LogP contribution in [-0.4, -0.2) is 33.0 Å². The van der Waals surface area contributed by atoms with Gasteiger partial charge in [0, 0.05) is 18.4 Å². The lowest BCUT2D eigenvalue weighted by Crippen LogP contribution is -2.48. The van der Waals surface area contributed by atoms with E-state index in [4.69, 9.17) is 4.52 Å². The van der Waals surface area contributed by atoms with E-state index in [0.717, 1.165) is 11.1 Å². The lowest BCUT2D eigenvalue weighted by molar-refractivity contribution is -0.139. The molecule has 0 saturated carbocycles. The van der Waals surface area contributed by atoms with Crippen molar-refractivity contribution in [2.24, 2.45) is 0 Å². The fourth-order valence-electron chi connectivity index (χ4n) is 3.29. The van der Waals surface area contributed by atoms with Gasteiger partial charge in [-0.05, 0) is 19.4 Å². The normalized spacial score (nSPS) is 18.2. The van der Waals surface area contributed by atoms with Gasteiger partial charge in [0.15, 0.2) is 0 Å². The predicted molar refractivity (Wildman–Crippen MR) is 110 cm³/mol. The van der Waals surface area contributed by atoms with Crippen LogP contribution in [0.15, 0.2) is 59.1 Å². The summed E-state index contributed by atoms with van der Waals surface area (Å²) in [5, 5.41) is 7.27. The molecule has 1 aliphatic rings. The fourth-order valence-corrected chi connectivity index (χ4v) is 3.29. The molecule has 0 spiro atoms. The highest BCUT2D eigenvalue weighted by Gasteiger charge is 2.49. The SMILES string of the molecule is Cc1ccc(-c2noc(CCC(=O)NN3C(=O)N[C@](C)(c4ccccc4)C3=O)n2)cc1. The Hall–Kier alpha value is -4.01. The Bertz CT molecular complexity index is 1130. The first-order chi connectivity index (χ1) is 14.9. The first-order valence-corrected chi connectivity index (χ1v) is 9.78. The van der Waals surface area contributed by atoms with E-state index in [1.54, 1.807) is 31.2 Å². The molecule has 1 fully saturated rings. The first-order valence-electron chi connectivity index (χ1n) is 9.78. The molecule has 9 heteroatoms. The Kier molecular flexibility index (Phi) is 5.24. The van der Waals surface area contributed by atoms with E-state index in [1.807, 2.05) is 37.3 Å². The predicted octanol–water partition coefficient (Wildman–Crippen LogP) is 2.48. The maximum atomic E-state index is 12.8. The van der Waals surface area contributed by atoms with Gasteiger partial charge in [0.05, 0.1) is 0 Å². The largest absolute Gasteiger partial charge is 0.344 e. The van der Waals surface area contributed by atoms with Crippen LogP contribution in [0.4, 0.5) is 4.79 Å². The molecule has 1 aliphatic heterocycles. The monoisotopic (exact) mass is 419 g/mol. The third-order valence-corrected chi connectivity index (χ3v) is 5.12. The Morgan fingerprint density at radius 3 is 2.55 bits per heavy atom. The second-order valence-electron chi connectivity index (χ2n) is 7.47. The minimum absolute atomic E-state index is 0.0331. The minimum Gasteiger partial charge on any atom is -0.339 e. The number of nitrogens with zero attached hydrogens (tertiary/aromatic N) is 3. The van der Waals surface area contributed by atoms with Crippen LogP contribution in [-0.2, 0) is 21.5 Å². The van der Waals surface area contributed by atoms with Crippen molar-refractivity contribution in [3.8, 4) is 11.4 Å². The molecule has 31 heavy (non-hydrogen) atoms. The molecule has 1 aromatic heterocycles. The summed E-state index contributed by atoms with van der Waals surface area (Å²) in [4.78, 5) is 41.8. The fraction of sp³-hybridized carbons (Fsp3) is 0.227. The third kappa shape index (κ3) is 4.02. The number of imide groups is 1. The number of benzene rings is 2. The van der Waals surface area contributed by atoms with E-state index in [2.05, 4.69) is 20.9 Å². The third-order valence-electron chi connectivity index (χ3n) is 5.12. The number of rotatable bonds is 6. The highest BCUT2D eigenvalue weighted by atomic mass is 16.5. The van der Waals surface area contributed by atoms with Crippen LogP contribution < -0.4 is 10.7 Å². The lowest BCUT2D eigenvalue weighted by atomic mass is 9.92. The van der Waals surface area contributed by atoms with E-state index in [9.17, 15) is 14.4 Å². The first kappa shape index (κ1) is 20.3. The molecule has 2 N–H and O–H groups in total. The van der Waals surface area contributed by atoms with Gasteiger partial charge in [0.2, 0.25) is 17.6 Å². The number of carbonyl (C=O) groups excluding carboxylic acids is 3. The number of nitrogens with one attached hydrogen (secondary N) is 2.